The molecule has 2 amide bonds. The second-order valence-electron chi connectivity index (χ2n) is 10.1. The molecule has 3 aromatic rings. The first-order valence-corrected chi connectivity index (χ1v) is 12.3. The van der Waals surface area contributed by atoms with Crippen LogP contribution >= 0.6 is 0 Å². The maximum atomic E-state index is 14.2. The highest BCUT2D eigenvalue weighted by Gasteiger charge is 2.50. The van der Waals surface area contributed by atoms with Crippen molar-refractivity contribution in [1.29, 1.82) is 0 Å². The Labute approximate surface area is 200 Å². The van der Waals surface area contributed by atoms with Crippen molar-refractivity contribution in [2.75, 3.05) is 7.11 Å². The van der Waals surface area contributed by atoms with E-state index in [9.17, 15) is 9.59 Å². The van der Waals surface area contributed by atoms with E-state index in [0.29, 0.717) is 12.2 Å². The first kappa shape index (κ1) is 22.6. The van der Waals surface area contributed by atoms with E-state index in [1.807, 2.05) is 72.6 Å². The smallest absolute Gasteiger partial charge is 0.273 e. The summed E-state index contributed by atoms with van der Waals surface area (Å²) >= 11 is 0. The van der Waals surface area contributed by atoms with Gasteiger partial charge in [0.2, 0.25) is 5.91 Å². The van der Waals surface area contributed by atoms with Crippen molar-refractivity contribution in [3.8, 4) is 11.4 Å². The lowest BCUT2D eigenvalue weighted by molar-refractivity contribution is -0.134. The molecular weight excluding hydrogens is 428 g/mol. The van der Waals surface area contributed by atoms with Gasteiger partial charge in [0, 0.05) is 29.9 Å². The molecular formula is C27H34N4O3. The van der Waals surface area contributed by atoms with Crippen molar-refractivity contribution in [1.82, 2.24) is 19.4 Å². The van der Waals surface area contributed by atoms with E-state index in [1.54, 1.807) is 12.0 Å². The number of nitrogens with zero attached hydrogens (tertiary/aromatic N) is 3. The van der Waals surface area contributed by atoms with Gasteiger partial charge in [-0.05, 0) is 63.9 Å². The summed E-state index contributed by atoms with van der Waals surface area (Å²) < 4.78 is 9.51. The predicted octanol–water partition coefficient (Wildman–Crippen LogP) is 4.51. The zero-order valence-electron chi connectivity index (χ0n) is 20.5. The van der Waals surface area contributed by atoms with Crippen molar-refractivity contribution in [2.45, 2.75) is 77.0 Å². The summed E-state index contributed by atoms with van der Waals surface area (Å²) in [7, 11) is 1.64. The molecule has 0 saturated heterocycles. The van der Waals surface area contributed by atoms with E-state index in [-0.39, 0.29) is 23.9 Å². The summed E-state index contributed by atoms with van der Waals surface area (Å²) in [6.07, 6.45) is 9.42. The Hall–Kier alpha value is -3.22. The van der Waals surface area contributed by atoms with Gasteiger partial charge in [0.25, 0.3) is 5.91 Å². The maximum absolute atomic E-state index is 14.2. The van der Waals surface area contributed by atoms with Gasteiger partial charge in [-0.25, -0.2) is 0 Å². The van der Waals surface area contributed by atoms with E-state index >= 15 is 0 Å². The predicted molar refractivity (Wildman–Crippen MR) is 133 cm³/mol. The summed E-state index contributed by atoms with van der Waals surface area (Å²) in [4.78, 5) is 29.8. The standard InChI is InChI=1S/C27H34N4O3/c1-18(2)31-25(32)24-23(29-14-8-9-15-29)21-16-20(34-4)12-13-22(21)30(24)17-27(31,3)26(33)28-19-10-6-5-7-11-19/h8-9,12-16,18-19H,5-7,10-11,17H2,1-4H3,(H,28,33)/t27-/m0/s1. The van der Waals surface area contributed by atoms with Crippen LogP contribution < -0.4 is 10.1 Å². The van der Waals surface area contributed by atoms with Crippen LogP contribution in [0.2, 0.25) is 0 Å². The lowest BCUT2D eigenvalue weighted by atomic mass is 9.90. The summed E-state index contributed by atoms with van der Waals surface area (Å²) in [6, 6.07) is 9.83. The van der Waals surface area contributed by atoms with Gasteiger partial charge in [0.1, 0.15) is 17.0 Å². The van der Waals surface area contributed by atoms with E-state index in [0.717, 1.165) is 48.0 Å². The molecule has 1 saturated carbocycles. The molecule has 0 spiro atoms. The molecule has 1 atom stereocenters. The molecule has 1 aliphatic carbocycles. The van der Waals surface area contributed by atoms with Crippen molar-refractivity contribution in [3.63, 3.8) is 0 Å². The summed E-state index contributed by atoms with van der Waals surface area (Å²) in [5.41, 5.74) is 1.36. The van der Waals surface area contributed by atoms with Crippen LogP contribution in [0.5, 0.6) is 5.75 Å². The molecule has 0 radical (unpaired) electrons. The summed E-state index contributed by atoms with van der Waals surface area (Å²) in [6.45, 7) is 6.28. The molecule has 5 rings (SSSR count). The van der Waals surface area contributed by atoms with Crippen LogP contribution in [0.1, 0.15) is 63.4 Å². The minimum atomic E-state index is -0.991. The Kier molecular flexibility index (Phi) is 5.66. The monoisotopic (exact) mass is 462 g/mol. The number of rotatable bonds is 5. The molecule has 1 aliphatic heterocycles. The molecule has 0 bridgehead atoms. The van der Waals surface area contributed by atoms with E-state index in [2.05, 4.69) is 5.32 Å². The third kappa shape index (κ3) is 3.49. The van der Waals surface area contributed by atoms with Gasteiger partial charge < -0.3 is 24.1 Å². The Bertz CT molecular complexity index is 1220. The zero-order chi connectivity index (χ0) is 24.0. The van der Waals surface area contributed by atoms with Gasteiger partial charge in [-0.1, -0.05) is 19.3 Å². The summed E-state index contributed by atoms with van der Waals surface area (Å²) in [5.74, 6) is 0.543. The first-order chi connectivity index (χ1) is 16.3. The van der Waals surface area contributed by atoms with Crippen molar-refractivity contribution in [3.05, 3.63) is 48.4 Å². The average molecular weight is 463 g/mol. The lowest BCUT2D eigenvalue weighted by Gasteiger charge is -2.47. The highest BCUT2D eigenvalue weighted by Crippen LogP contribution is 2.40. The number of nitrogens with one attached hydrogen (secondary N) is 1. The largest absolute Gasteiger partial charge is 0.497 e. The second kappa shape index (κ2) is 8.53. The number of methoxy groups -OCH3 is 1. The van der Waals surface area contributed by atoms with Crippen molar-refractivity contribution in [2.24, 2.45) is 0 Å². The Morgan fingerprint density at radius 1 is 1.15 bits per heavy atom. The number of ether oxygens (including phenoxy) is 1. The highest BCUT2D eigenvalue weighted by atomic mass is 16.5. The van der Waals surface area contributed by atoms with Gasteiger partial charge in [-0.2, -0.15) is 0 Å². The fourth-order valence-corrected chi connectivity index (χ4v) is 5.86. The zero-order valence-corrected chi connectivity index (χ0v) is 20.5. The highest BCUT2D eigenvalue weighted by molar-refractivity contribution is 6.09. The molecule has 7 heteroatoms. The van der Waals surface area contributed by atoms with E-state index in [4.69, 9.17) is 4.74 Å². The van der Waals surface area contributed by atoms with Gasteiger partial charge in [0.15, 0.2) is 0 Å². The van der Waals surface area contributed by atoms with Crippen LogP contribution in [0.4, 0.5) is 0 Å². The number of amides is 2. The third-order valence-corrected chi connectivity index (χ3v) is 7.47. The summed E-state index contributed by atoms with van der Waals surface area (Å²) in [5, 5.41) is 4.22. The second-order valence-corrected chi connectivity index (χ2v) is 10.1. The van der Waals surface area contributed by atoms with Crippen LogP contribution in [0.15, 0.2) is 42.7 Å². The third-order valence-electron chi connectivity index (χ3n) is 7.47. The number of benzene rings is 1. The Morgan fingerprint density at radius 2 is 1.85 bits per heavy atom. The average Bonchev–Trinajstić information content (AvgIpc) is 3.45. The molecule has 7 nitrogen and oxygen atoms in total. The fourth-order valence-electron chi connectivity index (χ4n) is 5.86. The molecule has 2 aromatic heterocycles. The minimum Gasteiger partial charge on any atom is -0.497 e. The van der Waals surface area contributed by atoms with E-state index < -0.39 is 5.54 Å². The number of carbonyl (C=O) groups is 2. The van der Waals surface area contributed by atoms with Gasteiger partial charge in [0.05, 0.1) is 24.9 Å². The number of aromatic nitrogens is 2. The fraction of sp³-hybridized carbons (Fsp3) is 0.481. The first-order valence-electron chi connectivity index (χ1n) is 12.3. The van der Waals surface area contributed by atoms with Crippen LogP contribution in [0.25, 0.3) is 16.6 Å². The molecule has 0 unspecified atom stereocenters. The SMILES string of the molecule is COc1ccc2c(c1)c(-n1cccc1)c1n2C[C@@](C)(C(=O)NC2CCCCC2)N(C(C)C)C1=O. The van der Waals surface area contributed by atoms with Crippen LogP contribution in [-0.4, -0.2) is 50.6 Å². The molecule has 180 valence electrons. The number of fused-ring (bicyclic) bond motifs is 3. The molecule has 1 aromatic carbocycles. The van der Waals surface area contributed by atoms with Crippen LogP contribution in [0, 0.1) is 0 Å². The van der Waals surface area contributed by atoms with Crippen LogP contribution in [-0.2, 0) is 11.3 Å². The Morgan fingerprint density at radius 3 is 2.50 bits per heavy atom. The van der Waals surface area contributed by atoms with Gasteiger partial charge in [-0.3, -0.25) is 9.59 Å². The molecule has 3 heterocycles. The Balaban J connectivity index is 1.67. The van der Waals surface area contributed by atoms with Crippen molar-refractivity contribution < 1.29 is 14.3 Å². The molecule has 1 N–H and O–H groups in total. The number of hydrogen-bond donors (Lipinski definition) is 1. The number of carbonyl (C=O) groups excluding carboxylic acids is 2. The van der Waals surface area contributed by atoms with Crippen LogP contribution in [0.3, 0.4) is 0 Å². The van der Waals surface area contributed by atoms with Gasteiger partial charge >= 0.3 is 0 Å². The lowest BCUT2D eigenvalue weighted by Crippen LogP contribution is -2.66. The minimum absolute atomic E-state index is 0.0648. The van der Waals surface area contributed by atoms with Gasteiger partial charge in [-0.15, -0.1) is 0 Å². The van der Waals surface area contributed by atoms with Crippen molar-refractivity contribution >= 4 is 22.7 Å². The van der Waals surface area contributed by atoms with E-state index in [1.165, 1.54) is 6.42 Å². The molecule has 1 fully saturated rings. The quantitative estimate of drug-likeness (QED) is 0.607. The number of hydrogen-bond acceptors (Lipinski definition) is 3. The molecule has 34 heavy (non-hydrogen) atoms. The maximum Gasteiger partial charge on any atom is 0.273 e. The molecule has 2 aliphatic rings. The topological polar surface area (TPSA) is 68.5 Å². The normalized spacial score (nSPS) is 21.2.